The van der Waals surface area contributed by atoms with Gasteiger partial charge in [-0.05, 0) is 30.2 Å². The minimum atomic E-state index is -0.476. The van der Waals surface area contributed by atoms with Crippen molar-refractivity contribution in [3.8, 4) is 5.75 Å². The van der Waals surface area contributed by atoms with Gasteiger partial charge < -0.3 is 15.4 Å². The van der Waals surface area contributed by atoms with Crippen molar-refractivity contribution in [3.05, 3.63) is 82.2 Å². The minimum Gasteiger partial charge on any atom is -0.497 e. The molecule has 0 aliphatic heterocycles. The standard InChI is InChI=1S/C20H21N5O3/c1-14(16-6-4-3-5-7-16)24-20-18(25(26)27)19(22-13-23-20)21-12-15-8-10-17(28-2)11-9-15/h3-11,13-14H,12H2,1-2H3,(H2,21,22,23,24). The maximum atomic E-state index is 11.7. The number of nitrogens with one attached hydrogen (secondary N) is 2. The number of nitrogens with zero attached hydrogens (tertiary/aromatic N) is 3. The first-order chi connectivity index (χ1) is 13.6. The Labute approximate surface area is 162 Å². The molecule has 0 saturated carbocycles. The lowest BCUT2D eigenvalue weighted by Gasteiger charge is -2.16. The van der Waals surface area contributed by atoms with Gasteiger partial charge in [0.15, 0.2) is 0 Å². The summed E-state index contributed by atoms with van der Waals surface area (Å²) in [6.07, 6.45) is 1.31. The van der Waals surface area contributed by atoms with Gasteiger partial charge in [0, 0.05) is 6.54 Å². The molecule has 0 aliphatic rings. The quantitative estimate of drug-likeness (QED) is 0.447. The molecule has 0 spiro atoms. The van der Waals surface area contributed by atoms with E-state index < -0.39 is 4.92 Å². The topological polar surface area (TPSA) is 102 Å². The summed E-state index contributed by atoms with van der Waals surface area (Å²) in [5.41, 5.74) is 1.77. The monoisotopic (exact) mass is 379 g/mol. The van der Waals surface area contributed by atoms with E-state index in [1.807, 2.05) is 61.5 Å². The van der Waals surface area contributed by atoms with E-state index in [0.29, 0.717) is 6.54 Å². The van der Waals surface area contributed by atoms with Gasteiger partial charge in [-0.15, -0.1) is 0 Å². The molecule has 1 atom stereocenters. The zero-order chi connectivity index (χ0) is 19.9. The van der Waals surface area contributed by atoms with Gasteiger partial charge in [0.1, 0.15) is 12.1 Å². The molecule has 144 valence electrons. The van der Waals surface area contributed by atoms with E-state index in [-0.39, 0.29) is 23.4 Å². The van der Waals surface area contributed by atoms with E-state index >= 15 is 0 Å². The number of anilines is 2. The predicted molar refractivity (Wildman–Crippen MR) is 107 cm³/mol. The SMILES string of the molecule is COc1ccc(CNc2ncnc(NC(C)c3ccccc3)c2[N+](=O)[O-])cc1. The molecular formula is C20H21N5O3. The molecule has 0 radical (unpaired) electrons. The van der Waals surface area contributed by atoms with Crippen LogP contribution in [0.25, 0.3) is 0 Å². The number of rotatable bonds is 8. The van der Waals surface area contributed by atoms with Gasteiger partial charge in [0.2, 0.25) is 11.6 Å². The summed E-state index contributed by atoms with van der Waals surface area (Å²) in [4.78, 5) is 19.4. The van der Waals surface area contributed by atoms with Crippen LogP contribution in [0.5, 0.6) is 5.75 Å². The summed E-state index contributed by atoms with van der Waals surface area (Å²) in [5, 5.41) is 17.8. The highest BCUT2D eigenvalue weighted by Crippen LogP contribution is 2.31. The first kappa shape index (κ1) is 19.1. The Morgan fingerprint density at radius 3 is 2.39 bits per heavy atom. The summed E-state index contributed by atoms with van der Waals surface area (Å²) in [6, 6.07) is 17.0. The van der Waals surface area contributed by atoms with Gasteiger partial charge in [0.05, 0.1) is 18.1 Å². The lowest BCUT2D eigenvalue weighted by atomic mass is 10.1. The third-order valence-corrected chi connectivity index (χ3v) is 4.28. The van der Waals surface area contributed by atoms with E-state index in [4.69, 9.17) is 4.74 Å². The summed E-state index contributed by atoms with van der Waals surface area (Å²) in [6.45, 7) is 2.31. The highest BCUT2D eigenvalue weighted by atomic mass is 16.6. The molecule has 0 bridgehead atoms. The summed E-state index contributed by atoms with van der Waals surface area (Å²) in [5.74, 6) is 1.09. The molecule has 8 heteroatoms. The number of aromatic nitrogens is 2. The van der Waals surface area contributed by atoms with Crippen LogP contribution in [0.4, 0.5) is 17.3 Å². The number of benzene rings is 2. The van der Waals surface area contributed by atoms with Crippen molar-refractivity contribution in [1.82, 2.24) is 9.97 Å². The normalized spacial score (nSPS) is 11.5. The Balaban J connectivity index is 1.79. The number of nitro groups is 1. The van der Waals surface area contributed by atoms with Gasteiger partial charge in [-0.3, -0.25) is 10.1 Å². The molecule has 3 rings (SSSR count). The van der Waals surface area contributed by atoms with Crippen LogP contribution in [0.3, 0.4) is 0 Å². The fourth-order valence-electron chi connectivity index (χ4n) is 2.75. The zero-order valence-corrected chi connectivity index (χ0v) is 15.6. The molecule has 0 fully saturated rings. The zero-order valence-electron chi connectivity index (χ0n) is 15.6. The summed E-state index contributed by atoms with van der Waals surface area (Å²) in [7, 11) is 1.60. The van der Waals surface area contributed by atoms with Crippen LogP contribution in [0.15, 0.2) is 60.9 Å². The summed E-state index contributed by atoms with van der Waals surface area (Å²) < 4.78 is 5.13. The second kappa shape index (κ2) is 8.81. The predicted octanol–water partition coefficient (Wildman–Crippen LogP) is 4.18. The van der Waals surface area contributed by atoms with E-state index in [9.17, 15) is 10.1 Å². The van der Waals surface area contributed by atoms with Gasteiger partial charge in [-0.2, -0.15) is 0 Å². The van der Waals surface area contributed by atoms with E-state index in [1.165, 1.54) is 6.33 Å². The van der Waals surface area contributed by atoms with Crippen molar-refractivity contribution in [2.75, 3.05) is 17.7 Å². The van der Waals surface area contributed by atoms with Crippen LogP contribution >= 0.6 is 0 Å². The second-order valence-corrected chi connectivity index (χ2v) is 6.15. The molecule has 3 aromatic rings. The molecule has 1 aromatic heterocycles. The Kier molecular flexibility index (Phi) is 6.01. The van der Waals surface area contributed by atoms with Crippen LogP contribution in [0.2, 0.25) is 0 Å². The maximum Gasteiger partial charge on any atom is 0.353 e. The molecule has 28 heavy (non-hydrogen) atoms. The number of methoxy groups -OCH3 is 1. The Hall–Kier alpha value is -3.68. The first-order valence-electron chi connectivity index (χ1n) is 8.76. The van der Waals surface area contributed by atoms with Crippen molar-refractivity contribution in [2.24, 2.45) is 0 Å². The van der Waals surface area contributed by atoms with Gasteiger partial charge >= 0.3 is 5.69 Å². The lowest BCUT2D eigenvalue weighted by Crippen LogP contribution is -2.12. The van der Waals surface area contributed by atoms with Crippen molar-refractivity contribution >= 4 is 17.3 Å². The van der Waals surface area contributed by atoms with Crippen molar-refractivity contribution in [1.29, 1.82) is 0 Å². The Morgan fingerprint density at radius 2 is 1.75 bits per heavy atom. The average molecular weight is 379 g/mol. The van der Waals surface area contributed by atoms with Gasteiger partial charge in [0.25, 0.3) is 0 Å². The molecule has 2 N–H and O–H groups in total. The Morgan fingerprint density at radius 1 is 1.07 bits per heavy atom. The van der Waals surface area contributed by atoms with Gasteiger partial charge in [-0.25, -0.2) is 9.97 Å². The molecule has 0 aliphatic carbocycles. The largest absolute Gasteiger partial charge is 0.497 e. The molecule has 0 saturated heterocycles. The van der Waals surface area contributed by atoms with Crippen LogP contribution in [0, 0.1) is 10.1 Å². The van der Waals surface area contributed by atoms with Crippen LogP contribution in [-0.4, -0.2) is 22.0 Å². The van der Waals surface area contributed by atoms with Crippen molar-refractivity contribution < 1.29 is 9.66 Å². The minimum absolute atomic E-state index is 0.149. The molecule has 1 unspecified atom stereocenters. The van der Waals surface area contributed by atoms with Crippen molar-refractivity contribution in [3.63, 3.8) is 0 Å². The van der Waals surface area contributed by atoms with Crippen LogP contribution < -0.4 is 15.4 Å². The fraction of sp³-hybridized carbons (Fsp3) is 0.200. The van der Waals surface area contributed by atoms with Crippen LogP contribution in [0.1, 0.15) is 24.1 Å². The average Bonchev–Trinajstić information content (AvgIpc) is 2.73. The number of ether oxygens (including phenoxy) is 1. The first-order valence-corrected chi connectivity index (χ1v) is 8.76. The lowest BCUT2D eigenvalue weighted by molar-refractivity contribution is -0.383. The molecular weight excluding hydrogens is 358 g/mol. The second-order valence-electron chi connectivity index (χ2n) is 6.15. The smallest absolute Gasteiger partial charge is 0.353 e. The maximum absolute atomic E-state index is 11.7. The third kappa shape index (κ3) is 4.53. The molecule has 2 aromatic carbocycles. The van der Waals surface area contributed by atoms with Gasteiger partial charge in [-0.1, -0.05) is 42.5 Å². The third-order valence-electron chi connectivity index (χ3n) is 4.28. The number of hydrogen-bond acceptors (Lipinski definition) is 7. The van der Waals surface area contributed by atoms with E-state index in [1.54, 1.807) is 7.11 Å². The van der Waals surface area contributed by atoms with Crippen LogP contribution in [-0.2, 0) is 6.54 Å². The van der Waals surface area contributed by atoms with E-state index in [0.717, 1.165) is 16.9 Å². The Bertz CT molecular complexity index is 932. The fourth-order valence-corrected chi connectivity index (χ4v) is 2.75. The number of hydrogen-bond donors (Lipinski definition) is 2. The molecule has 8 nitrogen and oxygen atoms in total. The van der Waals surface area contributed by atoms with E-state index in [2.05, 4.69) is 20.6 Å². The molecule has 1 heterocycles. The van der Waals surface area contributed by atoms with Crippen molar-refractivity contribution in [2.45, 2.75) is 19.5 Å². The highest BCUT2D eigenvalue weighted by molar-refractivity contribution is 5.69. The highest BCUT2D eigenvalue weighted by Gasteiger charge is 2.24. The molecule has 0 amide bonds. The summed E-state index contributed by atoms with van der Waals surface area (Å²) >= 11 is 0.